The van der Waals surface area contributed by atoms with E-state index in [0.29, 0.717) is 5.92 Å². The van der Waals surface area contributed by atoms with E-state index in [-0.39, 0.29) is 6.04 Å². The zero-order valence-electron chi connectivity index (χ0n) is 11.7. The minimum absolute atomic E-state index is 0.187. The fraction of sp³-hybridized carbons (Fsp3) is 0.769. The van der Waals surface area contributed by atoms with Crippen molar-refractivity contribution in [1.82, 2.24) is 15.2 Å². The number of halogens is 1. The lowest BCUT2D eigenvalue weighted by Crippen LogP contribution is -2.43. The number of ether oxygens (including phenoxy) is 1. The van der Waals surface area contributed by atoms with Gasteiger partial charge >= 0.3 is 0 Å². The van der Waals surface area contributed by atoms with Crippen molar-refractivity contribution in [3.63, 3.8) is 0 Å². The molecular formula is C13H23ClN4O. The Morgan fingerprint density at radius 1 is 1.58 bits per heavy atom. The SMILES string of the molecule is CCc1nn(CC)c(CC(NN)C2CCOC2)c1Cl. The molecular weight excluding hydrogens is 264 g/mol. The topological polar surface area (TPSA) is 65.1 Å². The van der Waals surface area contributed by atoms with Crippen LogP contribution in [-0.4, -0.2) is 29.0 Å². The van der Waals surface area contributed by atoms with Crippen LogP contribution in [-0.2, 0) is 24.1 Å². The van der Waals surface area contributed by atoms with Crippen LogP contribution in [0.1, 0.15) is 31.7 Å². The smallest absolute Gasteiger partial charge is 0.0850 e. The summed E-state index contributed by atoms with van der Waals surface area (Å²) in [6.07, 6.45) is 2.70. The number of hydrogen-bond acceptors (Lipinski definition) is 4. The maximum absolute atomic E-state index is 6.43. The molecule has 2 unspecified atom stereocenters. The molecule has 0 amide bonds. The second-order valence-corrected chi connectivity index (χ2v) is 5.36. The fourth-order valence-corrected chi connectivity index (χ4v) is 3.00. The minimum atomic E-state index is 0.187. The molecule has 0 aliphatic carbocycles. The van der Waals surface area contributed by atoms with Gasteiger partial charge in [0, 0.05) is 31.5 Å². The summed E-state index contributed by atoms with van der Waals surface area (Å²) in [7, 11) is 0. The molecule has 1 saturated heterocycles. The van der Waals surface area contributed by atoms with Crippen LogP contribution in [0.15, 0.2) is 0 Å². The van der Waals surface area contributed by atoms with Crippen molar-refractivity contribution in [2.24, 2.45) is 11.8 Å². The van der Waals surface area contributed by atoms with Gasteiger partial charge in [0.05, 0.1) is 23.0 Å². The molecule has 0 aromatic carbocycles. The molecule has 108 valence electrons. The van der Waals surface area contributed by atoms with Gasteiger partial charge in [0.25, 0.3) is 0 Å². The number of nitrogens with one attached hydrogen (secondary N) is 1. The first-order valence-corrected chi connectivity index (χ1v) is 7.36. The van der Waals surface area contributed by atoms with Gasteiger partial charge in [-0.1, -0.05) is 18.5 Å². The van der Waals surface area contributed by atoms with Crippen molar-refractivity contribution in [3.05, 3.63) is 16.4 Å². The zero-order chi connectivity index (χ0) is 13.8. The molecule has 0 spiro atoms. The summed E-state index contributed by atoms with van der Waals surface area (Å²) in [6, 6.07) is 0.187. The third-order valence-corrected chi connectivity index (χ3v) is 4.29. The number of hydrazine groups is 1. The van der Waals surface area contributed by atoms with E-state index in [1.54, 1.807) is 0 Å². The first kappa shape index (κ1) is 14.8. The molecule has 1 fully saturated rings. The van der Waals surface area contributed by atoms with Gasteiger partial charge in [-0.3, -0.25) is 16.0 Å². The number of hydrogen-bond donors (Lipinski definition) is 2. The lowest BCUT2D eigenvalue weighted by Gasteiger charge is -2.21. The zero-order valence-corrected chi connectivity index (χ0v) is 12.4. The molecule has 5 nitrogen and oxygen atoms in total. The van der Waals surface area contributed by atoms with Crippen LogP contribution in [0.2, 0.25) is 5.02 Å². The average Bonchev–Trinajstić information content (AvgIpc) is 3.04. The molecule has 1 aliphatic rings. The van der Waals surface area contributed by atoms with Gasteiger partial charge in [0.1, 0.15) is 0 Å². The largest absolute Gasteiger partial charge is 0.381 e. The molecule has 1 aromatic heterocycles. The van der Waals surface area contributed by atoms with Crippen molar-refractivity contribution in [2.75, 3.05) is 13.2 Å². The Morgan fingerprint density at radius 2 is 2.37 bits per heavy atom. The fourth-order valence-electron chi connectivity index (χ4n) is 2.65. The Balaban J connectivity index is 2.18. The first-order valence-electron chi connectivity index (χ1n) is 6.99. The molecule has 6 heteroatoms. The van der Waals surface area contributed by atoms with Gasteiger partial charge < -0.3 is 4.74 Å². The van der Waals surface area contributed by atoms with E-state index in [0.717, 1.165) is 55.4 Å². The summed E-state index contributed by atoms with van der Waals surface area (Å²) in [5, 5.41) is 5.34. The van der Waals surface area contributed by atoms with Crippen molar-refractivity contribution < 1.29 is 4.74 Å². The van der Waals surface area contributed by atoms with Crippen LogP contribution in [0.4, 0.5) is 0 Å². The first-order chi connectivity index (χ1) is 9.21. The van der Waals surface area contributed by atoms with Crippen LogP contribution in [0.5, 0.6) is 0 Å². The third kappa shape index (κ3) is 3.11. The van der Waals surface area contributed by atoms with Crippen LogP contribution in [0, 0.1) is 5.92 Å². The standard InChI is InChI=1S/C13H23ClN4O/c1-3-10-13(14)12(18(4-2)17-10)7-11(16-15)9-5-6-19-8-9/h9,11,16H,3-8,15H2,1-2H3. The van der Waals surface area contributed by atoms with E-state index in [9.17, 15) is 0 Å². The third-order valence-electron chi connectivity index (χ3n) is 3.86. The van der Waals surface area contributed by atoms with E-state index in [4.69, 9.17) is 22.2 Å². The number of nitrogens with two attached hydrogens (primary N) is 1. The molecule has 0 radical (unpaired) electrons. The Kier molecular flexibility index (Phi) is 5.21. The van der Waals surface area contributed by atoms with Gasteiger partial charge in [-0.25, -0.2) is 0 Å². The molecule has 3 N–H and O–H groups in total. The summed E-state index contributed by atoms with van der Waals surface area (Å²) in [5.41, 5.74) is 4.97. The minimum Gasteiger partial charge on any atom is -0.381 e. The molecule has 2 heterocycles. The van der Waals surface area contributed by atoms with Gasteiger partial charge in [-0.2, -0.15) is 5.10 Å². The highest BCUT2D eigenvalue weighted by molar-refractivity contribution is 6.31. The maximum Gasteiger partial charge on any atom is 0.0850 e. The van der Waals surface area contributed by atoms with E-state index in [1.165, 1.54) is 0 Å². The maximum atomic E-state index is 6.43. The van der Waals surface area contributed by atoms with Crippen LogP contribution < -0.4 is 11.3 Å². The van der Waals surface area contributed by atoms with Gasteiger partial charge in [0.15, 0.2) is 0 Å². The summed E-state index contributed by atoms with van der Waals surface area (Å²) in [5.74, 6) is 6.15. The van der Waals surface area contributed by atoms with E-state index < -0.39 is 0 Å². The highest BCUT2D eigenvalue weighted by Crippen LogP contribution is 2.26. The van der Waals surface area contributed by atoms with Crippen molar-refractivity contribution in [1.29, 1.82) is 0 Å². The summed E-state index contributed by atoms with van der Waals surface area (Å²) >= 11 is 6.43. The van der Waals surface area contributed by atoms with Crippen molar-refractivity contribution in [2.45, 2.75) is 45.7 Å². The van der Waals surface area contributed by atoms with Crippen LogP contribution in [0.25, 0.3) is 0 Å². The van der Waals surface area contributed by atoms with E-state index in [2.05, 4.69) is 24.4 Å². The molecule has 2 atom stereocenters. The second kappa shape index (κ2) is 6.70. The highest BCUT2D eigenvalue weighted by Gasteiger charge is 2.27. The van der Waals surface area contributed by atoms with Gasteiger partial charge in [-0.15, -0.1) is 0 Å². The number of nitrogens with zero attached hydrogens (tertiary/aromatic N) is 2. The Hall–Kier alpha value is -0.620. The summed E-state index contributed by atoms with van der Waals surface area (Å²) in [6.45, 7) is 6.57. The highest BCUT2D eigenvalue weighted by atomic mass is 35.5. The molecule has 19 heavy (non-hydrogen) atoms. The molecule has 1 aromatic rings. The van der Waals surface area contributed by atoms with Crippen molar-refractivity contribution in [3.8, 4) is 0 Å². The Morgan fingerprint density at radius 3 is 2.89 bits per heavy atom. The van der Waals surface area contributed by atoms with Crippen LogP contribution in [0.3, 0.4) is 0 Å². The van der Waals surface area contributed by atoms with E-state index in [1.807, 2.05) is 4.68 Å². The number of aryl methyl sites for hydroxylation is 2. The molecule has 1 aliphatic heterocycles. The van der Waals surface area contributed by atoms with Gasteiger partial charge in [0.2, 0.25) is 0 Å². The lowest BCUT2D eigenvalue weighted by atomic mass is 9.95. The van der Waals surface area contributed by atoms with Crippen molar-refractivity contribution >= 4 is 11.6 Å². The van der Waals surface area contributed by atoms with Crippen LogP contribution >= 0.6 is 11.6 Å². The van der Waals surface area contributed by atoms with E-state index >= 15 is 0 Å². The average molecular weight is 287 g/mol. The predicted octanol–water partition coefficient (Wildman–Crippen LogP) is 1.53. The molecule has 0 bridgehead atoms. The Labute approximate surface area is 119 Å². The quantitative estimate of drug-likeness (QED) is 0.615. The molecule has 2 rings (SSSR count). The molecule has 0 saturated carbocycles. The van der Waals surface area contributed by atoms with Gasteiger partial charge in [-0.05, 0) is 19.8 Å². The predicted molar refractivity (Wildman–Crippen MR) is 76.0 cm³/mol. The number of aromatic nitrogens is 2. The second-order valence-electron chi connectivity index (χ2n) is 4.98. The lowest BCUT2D eigenvalue weighted by molar-refractivity contribution is 0.176. The summed E-state index contributed by atoms with van der Waals surface area (Å²) in [4.78, 5) is 0. The summed E-state index contributed by atoms with van der Waals surface area (Å²) < 4.78 is 7.43. The monoisotopic (exact) mass is 286 g/mol. The normalized spacial score (nSPS) is 20.9. The Bertz CT molecular complexity index is 415. The number of rotatable bonds is 6.